The number of nitrogens with two attached hydrogens (primary N) is 1. The molecule has 8 nitrogen and oxygen atoms in total. The Bertz CT molecular complexity index is 1510. The van der Waals surface area contributed by atoms with Crippen molar-refractivity contribution in [3.63, 3.8) is 0 Å². The van der Waals surface area contributed by atoms with Gasteiger partial charge < -0.3 is 16.0 Å². The van der Waals surface area contributed by atoms with Crippen molar-refractivity contribution in [3.8, 4) is 22.4 Å². The number of hydrogen-bond donors (Lipinski definition) is 3. The van der Waals surface area contributed by atoms with E-state index in [1.807, 2.05) is 50.5 Å². The van der Waals surface area contributed by atoms with Gasteiger partial charge in [0.05, 0.1) is 17.3 Å². The molecule has 0 aliphatic rings. The lowest BCUT2D eigenvalue weighted by atomic mass is 9.94. The first-order valence-electron chi connectivity index (χ1n) is 10.2. The zero-order valence-electron chi connectivity index (χ0n) is 17.9. The quantitative estimate of drug-likeness (QED) is 0.364. The van der Waals surface area contributed by atoms with Gasteiger partial charge in [-0.15, -0.1) is 11.3 Å². The molecular weight excluding hydrogens is 436 g/mol. The largest absolute Gasteiger partial charge is 0.366 e. The van der Waals surface area contributed by atoms with Crippen molar-refractivity contribution in [2.24, 2.45) is 12.8 Å². The summed E-state index contributed by atoms with van der Waals surface area (Å²) >= 11 is 1.29. The number of hydrogen-bond acceptors (Lipinski definition) is 5. The van der Waals surface area contributed by atoms with Crippen molar-refractivity contribution in [3.05, 3.63) is 76.5 Å². The number of amides is 2. The highest BCUT2D eigenvalue weighted by Crippen LogP contribution is 2.37. The fourth-order valence-corrected chi connectivity index (χ4v) is 4.48. The molecule has 0 aliphatic heterocycles. The Kier molecular flexibility index (Phi) is 5.02. The maximum Gasteiger partial charge on any atom is 0.284 e. The number of aromatic amines is 1. The van der Waals surface area contributed by atoms with Crippen molar-refractivity contribution >= 4 is 39.7 Å². The summed E-state index contributed by atoms with van der Waals surface area (Å²) < 4.78 is 1.72. The third kappa shape index (κ3) is 3.68. The number of carbonyl (C=O) groups excluding carboxylic acids is 2. The summed E-state index contributed by atoms with van der Waals surface area (Å²) in [7, 11) is 1.85. The van der Waals surface area contributed by atoms with Gasteiger partial charge in [0.25, 0.3) is 11.8 Å². The minimum absolute atomic E-state index is 0.250. The molecular formula is C24H20N6O2S. The van der Waals surface area contributed by atoms with Crippen molar-refractivity contribution in [2.45, 2.75) is 6.92 Å². The Morgan fingerprint density at radius 1 is 1.18 bits per heavy atom. The second kappa shape index (κ2) is 8.03. The first-order valence-corrected chi connectivity index (χ1v) is 11.1. The normalized spacial score (nSPS) is 11.1. The van der Waals surface area contributed by atoms with E-state index in [0.29, 0.717) is 21.8 Å². The van der Waals surface area contributed by atoms with E-state index >= 15 is 0 Å². The molecule has 4 N–H and O–H groups in total. The highest BCUT2D eigenvalue weighted by molar-refractivity contribution is 7.11. The van der Waals surface area contributed by atoms with Crippen molar-refractivity contribution < 1.29 is 9.59 Å². The zero-order chi connectivity index (χ0) is 23.1. The lowest BCUT2D eigenvalue weighted by Crippen LogP contribution is -2.13. The molecule has 9 heteroatoms. The number of primary amides is 1. The van der Waals surface area contributed by atoms with Crippen LogP contribution in [0.3, 0.4) is 0 Å². The smallest absolute Gasteiger partial charge is 0.284 e. The van der Waals surface area contributed by atoms with Gasteiger partial charge >= 0.3 is 0 Å². The Morgan fingerprint density at radius 2 is 2.03 bits per heavy atom. The molecule has 0 spiro atoms. The molecule has 0 unspecified atom stereocenters. The van der Waals surface area contributed by atoms with Gasteiger partial charge in [-0.25, -0.2) is 4.98 Å². The summed E-state index contributed by atoms with van der Waals surface area (Å²) in [5.74, 6) is -0.757. The van der Waals surface area contributed by atoms with E-state index < -0.39 is 5.91 Å². The molecule has 3 aromatic heterocycles. The Morgan fingerprint density at radius 3 is 2.73 bits per heavy atom. The SMILES string of the molecule is Cc1c(NC(=O)c2nccs2)cccc1-c1ccc(C(N)=O)c2[nH]c(-c3cnn(C)c3)cc12. The number of aryl methyl sites for hydroxylation is 1. The Hall–Kier alpha value is -4.24. The fraction of sp³-hybridized carbons (Fsp3) is 0.0833. The van der Waals surface area contributed by atoms with Gasteiger partial charge in [0, 0.05) is 47.2 Å². The summed E-state index contributed by atoms with van der Waals surface area (Å²) in [5, 5.41) is 10.2. The number of benzene rings is 2. The van der Waals surface area contributed by atoms with Crippen LogP contribution in [-0.4, -0.2) is 31.6 Å². The second-order valence-electron chi connectivity index (χ2n) is 7.67. The van der Waals surface area contributed by atoms with E-state index in [2.05, 4.69) is 20.4 Å². The van der Waals surface area contributed by atoms with Crippen LogP contribution in [0.25, 0.3) is 33.3 Å². The number of rotatable bonds is 5. The topological polar surface area (TPSA) is 119 Å². The number of anilines is 1. The molecule has 0 saturated heterocycles. The van der Waals surface area contributed by atoms with E-state index in [-0.39, 0.29) is 5.91 Å². The highest BCUT2D eigenvalue weighted by atomic mass is 32.1. The van der Waals surface area contributed by atoms with Crippen LogP contribution in [-0.2, 0) is 7.05 Å². The summed E-state index contributed by atoms with van der Waals surface area (Å²) in [6.45, 7) is 1.95. The van der Waals surface area contributed by atoms with Gasteiger partial charge in [-0.2, -0.15) is 5.10 Å². The van der Waals surface area contributed by atoms with Gasteiger partial charge in [-0.1, -0.05) is 18.2 Å². The lowest BCUT2D eigenvalue weighted by Gasteiger charge is -2.14. The Labute approximate surface area is 193 Å². The number of H-pyrrole nitrogens is 1. The van der Waals surface area contributed by atoms with E-state index in [1.54, 1.807) is 28.5 Å². The molecule has 164 valence electrons. The van der Waals surface area contributed by atoms with Crippen LogP contribution in [0.4, 0.5) is 5.69 Å². The fourth-order valence-electron chi connectivity index (χ4n) is 3.95. The van der Waals surface area contributed by atoms with Gasteiger partial charge in [0.15, 0.2) is 5.01 Å². The number of thiazole rings is 1. The van der Waals surface area contributed by atoms with Crippen LogP contribution >= 0.6 is 11.3 Å². The minimum Gasteiger partial charge on any atom is -0.366 e. The molecule has 0 bridgehead atoms. The van der Waals surface area contributed by atoms with Gasteiger partial charge in [-0.3, -0.25) is 14.3 Å². The van der Waals surface area contributed by atoms with Crippen LogP contribution < -0.4 is 11.1 Å². The second-order valence-corrected chi connectivity index (χ2v) is 8.56. The molecule has 0 saturated carbocycles. The Balaban J connectivity index is 1.64. The third-order valence-corrected chi connectivity index (χ3v) is 6.35. The maximum absolute atomic E-state index is 12.5. The van der Waals surface area contributed by atoms with Crippen molar-refractivity contribution in [1.29, 1.82) is 0 Å². The lowest BCUT2D eigenvalue weighted by molar-refractivity contribution is 0.0998. The number of nitrogens with one attached hydrogen (secondary N) is 2. The first-order chi connectivity index (χ1) is 15.9. The summed E-state index contributed by atoms with van der Waals surface area (Å²) in [6, 6.07) is 11.3. The number of fused-ring (bicyclic) bond motifs is 1. The molecule has 5 rings (SSSR count). The molecule has 0 atom stereocenters. The maximum atomic E-state index is 12.5. The average Bonchev–Trinajstić information content (AvgIpc) is 3.55. The summed E-state index contributed by atoms with van der Waals surface area (Å²) in [6.07, 6.45) is 5.26. The van der Waals surface area contributed by atoms with Crippen LogP contribution in [0, 0.1) is 6.92 Å². The van der Waals surface area contributed by atoms with E-state index in [1.165, 1.54) is 11.3 Å². The minimum atomic E-state index is -0.507. The van der Waals surface area contributed by atoms with Gasteiger partial charge in [-0.05, 0) is 41.8 Å². The van der Waals surface area contributed by atoms with Crippen LogP contribution in [0.15, 0.2) is 60.4 Å². The molecule has 5 aromatic rings. The molecule has 2 aromatic carbocycles. The van der Waals surface area contributed by atoms with Crippen LogP contribution in [0.1, 0.15) is 25.7 Å². The summed E-state index contributed by atoms with van der Waals surface area (Å²) in [5.41, 5.74) is 11.9. The number of nitrogens with zero attached hydrogens (tertiary/aromatic N) is 3. The van der Waals surface area contributed by atoms with Crippen LogP contribution in [0.5, 0.6) is 0 Å². The van der Waals surface area contributed by atoms with Crippen LogP contribution in [0.2, 0.25) is 0 Å². The monoisotopic (exact) mass is 456 g/mol. The van der Waals surface area contributed by atoms with Gasteiger partial charge in [0.2, 0.25) is 0 Å². The predicted octanol–water partition coefficient (Wildman–Crippen LogP) is 4.35. The van der Waals surface area contributed by atoms with Crippen molar-refractivity contribution in [1.82, 2.24) is 19.7 Å². The highest BCUT2D eigenvalue weighted by Gasteiger charge is 2.18. The summed E-state index contributed by atoms with van der Waals surface area (Å²) in [4.78, 5) is 32.1. The van der Waals surface area contributed by atoms with E-state index in [0.717, 1.165) is 33.3 Å². The molecule has 2 amide bonds. The molecule has 0 fully saturated rings. The van der Waals surface area contributed by atoms with Crippen molar-refractivity contribution in [2.75, 3.05) is 5.32 Å². The third-order valence-electron chi connectivity index (χ3n) is 5.57. The molecule has 33 heavy (non-hydrogen) atoms. The molecule has 0 aliphatic carbocycles. The molecule has 3 heterocycles. The number of aromatic nitrogens is 4. The van der Waals surface area contributed by atoms with Gasteiger partial charge in [0.1, 0.15) is 0 Å². The molecule has 0 radical (unpaired) electrons. The van der Waals surface area contributed by atoms with E-state index in [4.69, 9.17) is 5.73 Å². The average molecular weight is 457 g/mol. The standard InChI is InChI=1S/C24H20N6O2S/c1-13-15(4-3-5-19(13)29-23(32)24-26-8-9-33-24)16-6-7-17(22(25)31)21-18(16)10-20(28-21)14-11-27-30(2)12-14/h3-12,28H,1-2H3,(H2,25,31)(H,29,32). The predicted molar refractivity (Wildman–Crippen MR) is 129 cm³/mol. The first kappa shape index (κ1) is 20.7. The van der Waals surface area contributed by atoms with E-state index in [9.17, 15) is 9.59 Å². The number of carbonyl (C=O) groups is 2. The zero-order valence-corrected chi connectivity index (χ0v) is 18.7.